The van der Waals surface area contributed by atoms with E-state index >= 15 is 0 Å². The van der Waals surface area contributed by atoms with Gasteiger partial charge < -0.3 is 5.73 Å². The monoisotopic (exact) mass is 261 g/mol. The number of pyridine rings is 1. The van der Waals surface area contributed by atoms with Crippen molar-refractivity contribution in [3.63, 3.8) is 0 Å². The van der Waals surface area contributed by atoms with E-state index in [4.69, 9.17) is 11.0 Å². The van der Waals surface area contributed by atoms with E-state index < -0.39 is 0 Å². The van der Waals surface area contributed by atoms with Crippen LogP contribution in [-0.2, 0) is 0 Å². The molecule has 0 saturated heterocycles. The maximum atomic E-state index is 9.09. The normalized spacial score (nSPS) is 10.2. The van der Waals surface area contributed by atoms with E-state index in [1.165, 1.54) is 0 Å². The molecule has 2 aromatic heterocycles. The Bertz CT molecular complexity index is 798. The summed E-state index contributed by atoms with van der Waals surface area (Å²) < 4.78 is 1.59. The van der Waals surface area contributed by atoms with Gasteiger partial charge in [0.05, 0.1) is 11.8 Å². The molecule has 0 radical (unpaired) electrons. The lowest BCUT2D eigenvalue weighted by molar-refractivity contribution is 0.843. The molecule has 0 aliphatic rings. The zero-order chi connectivity index (χ0) is 13.9. The summed E-state index contributed by atoms with van der Waals surface area (Å²) in [7, 11) is 0. The lowest BCUT2D eigenvalue weighted by atomic mass is 10.1. The van der Waals surface area contributed by atoms with Crippen LogP contribution in [0.2, 0.25) is 0 Å². The van der Waals surface area contributed by atoms with Gasteiger partial charge in [-0.3, -0.25) is 0 Å². The van der Waals surface area contributed by atoms with Crippen LogP contribution >= 0.6 is 0 Å². The summed E-state index contributed by atoms with van der Waals surface area (Å²) in [4.78, 5) is 4.20. The molecule has 0 unspecified atom stereocenters. The molecule has 0 spiro atoms. The van der Waals surface area contributed by atoms with Crippen molar-refractivity contribution in [2.45, 2.75) is 0 Å². The van der Waals surface area contributed by atoms with E-state index in [1.54, 1.807) is 29.2 Å². The minimum absolute atomic E-state index is 0.481. The summed E-state index contributed by atoms with van der Waals surface area (Å²) in [5.74, 6) is 0.519. The quantitative estimate of drug-likeness (QED) is 0.718. The van der Waals surface area contributed by atoms with Crippen molar-refractivity contribution in [1.29, 1.82) is 5.26 Å². The molecule has 0 aliphatic heterocycles. The molecule has 2 N–H and O–H groups in total. The Morgan fingerprint density at radius 2 is 2.05 bits per heavy atom. The van der Waals surface area contributed by atoms with Gasteiger partial charge in [-0.05, 0) is 29.8 Å². The highest BCUT2D eigenvalue weighted by molar-refractivity contribution is 5.66. The number of hydrogen-bond donors (Lipinski definition) is 1. The first-order valence-electron chi connectivity index (χ1n) is 6.04. The van der Waals surface area contributed by atoms with Crippen molar-refractivity contribution < 1.29 is 0 Å². The minimum atomic E-state index is 0.481. The zero-order valence-electron chi connectivity index (χ0n) is 10.6. The van der Waals surface area contributed by atoms with Gasteiger partial charge in [-0.15, -0.1) is 0 Å². The van der Waals surface area contributed by atoms with Gasteiger partial charge in [0.25, 0.3) is 0 Å². The van der Waals surface area contributed by atoms with Crippen molar-refractivity contribution in [2.75, 3.05) is 5.73 Å². The third-order valence-electron chi connectivity index (χ3n) is 2.93. The number of rotatable bonds is 2. The Labute approximate surface area is 115 Å². The van der Waals surface area contributed by atoms with Crippen LogP contribution in [0.1, 0.15) is 5.56 Å². The van der Waals surface area contributed by atoms with Gasteiger partial charge in [0.1, 0.15) is 6.07 Å². The van der Waals surface area contributed by atoms with Crippen LogP contribution in [0.25, 0.3) is 16.9 Å². The molecule has 0 saturated carbocycles. The molecule has 96 valence electrons. The van der Waals surface area contributed by atoms with E-state index in [-0.39, 0.29) is 0 Å². The lowest BCUT2D eigenvalue weighted by Gasteiger charge is -2.01. The molecular formula is C15H11N5. The van der Waals surface area contributed by atoms with Crippen molar-refractivity contribution in [3.8, 4) is 23.0 Å². The van der Waals surface area contributed by atoms with Crippen molar-refractivity contribution in [1.82, 2.24) is 14.8 Å². The first-order valence-corrected chi connectivity index (χ1v) is 6.04. The molecule has 0 aliphatic carbocycles. The molecule has 0 atom stereocenters. The third-order valence-corrected chi connectivity index (χ3v) is 2.93. The third kappa shape index (κ3) is 2.10. The van der Waals surface area contributed by atoms with Crippen molar-refractivity contribution in [3.05, 3.63) is 60.6 Å². The van der Waals surface area contributed by atoms with E-state index in [9.17, 15) is 0 Å². The summed E-state index contributed by atoms with van der Waals surface area (Å²) in [6.07, 6.45) is 5.20. The highest BCUT2D eigenvalue weighted by Crippen LogP contribution is 2.22. The molecule has 0 fully saturated rings. The largest absolute Gasteiger partial charge is 0.399 e. The molecule has 5 heteroatoms. The second kappa shape index (κ2) is 4.86. The zero-order valence-corrected chi connectivity index (χ0v) is 10.6. The first-order chi connectivity index (χ1) is 9.78. The number of nitriles is 1. The second-order valence-corrected chi connectivity index (χ2v) is 4.29. The Hall–Kier alpha value is -3.13. The summed E-state index contributed by atoms with van der Waals surface area (Å²) in [6.45, 7) is 0. The Morgan fingerprint density at radius 1 is 1.15 bits per heavy atom. The number of aromatic nitrogens is 3. The Kier molecular flexibility index (Phi) is 2.90. The summed E-state index contributed by atoms with van der Waals surface area (Å²) >= 11 is 0. The molecule has 0 bridgehead atoms. The standard InChI is InChI=1S/C15H11N5/c16-8-12-4-2-6-18-15(12)20-10-13(9-19-20)11-3-1-5-14(17)7-11/h1-7,9-10H,17H2. The maximum absolute atomic E-state index is 9.09. The topological polar surface area (TPSA) is 80.5 Å². The number of nitrogens with zero attached hydrogens (tertiary/aromatic N) is 4. The van der Waals surface area contributed by atoms with Gasteiger partial charge in [-0.25, -0.2) is 9.67 Å². The second-order valence-electron chi connectivity index (χ2n) is 4.29. The van der Waals surface area contributed by atoms with Crippen LogP contribution in [0.3, 0.4) is 0 Å². The fourth-order valence-electron chi connectivity index (χ4n) is 1.97. The average molecular weight is 261 g/mol. The van der Waals surface area contributed by atoms with Gasteiger partial charge in [0.15, 0.2) is 5.82 Å². The lowest BCUT2D eigenvalue weighted by Crippen LogP contribution is -2.00. The van der Waals surface area contributed by atoms with Crippen LogP contribution < -0.4 is 5.73 Å². The molecule has 20 heavy (non-hydrogen) atoms. The molecule has 0 amide bonds. The van der Waals surface area contributed by atoms with E-state index in [0.717, 1.165) is 11.1 Å². The fraction of sp³-hybridized carbons (Fsp3) is 0. The smallest absolute Gasteiger partial charge is 0.171 e. The molecule has 3 aromatic rings. The molecule has 5 nitrogen and oxygen atoms in total. The van der Waals surface area contributed by atoms with Crippen LogP contribution in [0.5, 0.6) is 0 Å². The van der Waals surface area contributed by atoms with Crippen LogP contribution in [0.4, 0.5) is 5.69 Å². The van der Waals surface area contributed by atoms with Gasteiger partial charge in [-0.2, -0.15) is 10.4 Å². The van der Waals surface area contributed by atoms with Gasteiger partial charge in [0.2, 0.25) is 0 Å². The van der Waals surface area contributed by atoms with E-state index in [0.29, 0.717) is 17.1 Å². The predicted molar refractivity (Wildman–Crippen MR) is 75.9 cm³/mol. The Balaban J connectivity index is 2.05. The molecule has 1 aromatic carbocycles. The molecule has 2 heterocycles. The van der Waals surface area contributed by atoms with E-state index in [1.807, 2.05) is 30.5 Å². The number of anilines is 1. The van der Waals surface area contributed by atoms with Gasteiger partial charge >= 0.3 is 0 Å². The van der Waals surface area contributed by atoms with Crippen LogP contribution in [0, 0.1) is 11.3 Å². The highest BCUT2D eigenvalue weighted by atomic mass is 15.3. The van der Waals surface area contributed by atoms with E-state index in [2.05, 4.69) is 16.2 Å². The van der Waals surface area contributed by atoms with Gasteiger partial charge in [-0.1, -0.05) is 12.1 Å². The SMILES string of the molecule is N#Cc1cccnc1-n1cc(-c2cccc(N)c2)cn1. The van der Waals surface area contributed by atoms with Crippen molar-refractivity contribution in [2.24, 2.45) is 0 Å². The van der Waals surface area contributed by atoms with Gasteiger partial charge in [0, 0.05) is 23.6 Å². The molecule has 3 rings (SSSR count). The highest BCUT2D eigenvalue weighted by Gasteiger charge is 2.08. The minimum Gasteiger partial charge on any atom is -0.399 e. The fourth-order valence-corrected chi connectivity index (χ4v) is 1.97. The Morgan fingerprint density at radius 3 is 2.85 bits per heavy atom. The maximum Gasteiger partial charge on any atom is 0.171 e. The average Bonchev–Trinajstić information content (AvgIpc) is 2.97. The van der Waals surface area contributed by atoms with Crippen LogP contribution in [-0.4, -0.2) is 14.8 Å². The summed E-state index contributed by atoms with van der Waals surface area (Å²) in [5, 5.41) is 13.4. The summed E-state index contributed by atoms with van der Waals surface area (Å²) in [5.41, 5.74) is 8.86. The molecular weight excluding hydrogens is 250 g/mol. The first kappa shape index (κ1) is 11.9. The number of hydrogen-bond acceptors (Lipinski definition) is 4. The number of nitrogens with two attached hydrogens (primary N) is 1. The number of benzene rings is 1. The summed E-state index contributed by atoms with van der Waals surface area (Å²) in [6, 6.07) is 13.1. The number of nitrogen functional groups attached to an aromatic ring is 1. The van der Waals surface area contributed by atoms with Crippen LogP contribution in [0.15, 0.2) is 55.0 Å². The van der Waals surface area contributed by atoms with Crippen molar-refractivity contribution >= 4 is 5.69 Å². The predicted octanol–water partition coefficient (Wildman–Crippen LogP) is 2.39.